The molecule has 0 radical (unpaired) electrons. The summed E-state index contributed by atoms with van der Waals surface area (Å²) in [6.45, 7) is 4.89. The van der Waals surface area contributed by atoms with E-state index in [2.05, 4.69) is 23.8 Å². The third kappa shape index (κ3) is 6.45. The highest BCUT2D eigenvalue weighted by molar-refractivity contribution is 5.56. The van der Waals surface area contributed by atoms with Crippen LogP contribution in [0.4, 0.5) is 4.39 Å². The number of rotatable bonds is 11. The fourth-order valence-electron chi connectivity index (χ4n) is 2.68. The number of ether oxygens (including phenoxy) is 1. The standard InChI is InChI=1S/C21H29FN2O/c1-3-5-7-8-10-17-15-23-21(24-16-17)18-11-12-20(19(22)14-18)25-13-9-6-4-2/h11-12,14-16H,3-10,13H2,1-2H3. The number of aryl methyl sites for hydroxylation is 1. The zero-order valence-electron chi connectivity index (χ0n) is 15.4. The predicted molar refractivity (Wildman–Crippen MR) is 100 cm³/mol. The summed E-state index contributed by atoms with van der Waals surface area (Å²) in [7, 11) is 0. The Morgan fingerprint density at radius 1 is 0.920 bits per heavy atom. The molecule has 0 N–H and O–H groups in total. The normalized spacial score (nSPS) is 10.8. The molecule has 0 unspecified atom stereocenters. The minimum Gasteiger partial charge on any atom is -0.491 e. The molecular weight excluding hydrogens is 315 g/mol. The Morgan fingerprint density at radius 2 is 1.64 bits per heavy atom. The fourth-order valence-corrected chi connectivity index (χ4v) is 2.68. The number of nitrogens with zero attached hydrogens (tertiary/aromatic N) is 2. The van der Waals surface area contributed by atoms with E-state index in [9.17, 15) is 4.39 Å². The molecule has 3 nitrogen and oxygen atoms in total. The largest absolute Gasteiger partial charge is 0.491 e. The highest BCUT2D eigenvalue weighted by atomic mass is 19.1. The van der Waals surface area contributed by atoms with Gasteiger partial charge in [-0.1, -0.05) is 46.0 Å². The van der Waals surface area contributed by atoms with Crippen LogP contribution in [0.2, 0.25) is 0 Å². The minimum absolute atomic E-state index is 0.299. The smallest absolute Gasteiger partial charge is 0.165 e. The molecule has 0 amide bonds. The lowest BCUT2D eigenvalue weighted by Crippen LogP contribution is -2.00. The van der Waals surface area contributed by atoms with Crippen LogP contribution in [-0.2, 0) is 6.42 Å². The predicted octanol–water partition coefficient (Wildman–Crippen LogP) is 5.97. The SMILES string of the molecule is CCCCCCc1cnc(-c2ccc(OCCCCC)c(F)c2)nc1. The maximum absolute atomic E-state index is 14.2. The van der Waals surface area contributed by atoms with Gasteiger partial charge in [-0.2, -0.15) is 0 Å². The summed E-state index contributed by atoms with van der Waals surface area (Å²) in [6.07, 6.45) is 12.8. The lowest BCUT2D eigenvalue weighted by molar-refractivity contribution is 0.291. The van der Waals surface area contributed by atoms with E-state index in [1.807, 2.05) is 18.5 Å². The maximum atomic E-state index is 14.2. The van der Waals surface area contributed by atoms with Crippen LogP contribution in [0.3, 0.4) is 0 Å². The van der Waals surface area contributed by atoms with E-state index in [-0.39, 0.29) is 5.82 Å². The average molecular weight is 344 g/mol. The molecule has 0 atom stereocenters. The molecule has 2 rings (SSSR count). The first-order valence-electron chi connectivity index (χ1n) is 9.48. The van der Waals surface area contributed by atoms with Gasteiger partial charge in [0.15, 0.2) is 17.4 Å². The van der Waals surface area contributed by atoms with E-state index in [0.717, 1.165) is 37.7 Å². The summed E-state index contributed by atoms with van der Waals surface area (Å²) >= 11 is 0. The third-order valence-corrected chi connectivity index (χ3v) is 4.22. The first-order chi connectivity index (χ1) is 12.2. The molecule has 0 bridgehead atoms. The fraction of sp³-hybridized carbons (Fsp3) is 0.524. The van der Waals surface area contributed by atoms with Crippen LogP contribution in [0.5, 0.6) is 5.75 Å². The molecule has 0 saturated carbocycles. The third-order valence-electron chi connectivity index (χ3n) is 4.22. The summed E-state index contributed by atoms with van der Waals surface area (Å²) < 4.78 is 19.7. The lowest BCUT2D eigenvalue weighted by Gasteiger charge is -2.08. The van der Waals surface area contributed by atoms with E-state index >= 15 is 0 Å². The van der Waals surface area contributed by atoms with Crippen molar-refractivity contribution in [3.8, 4) is 17.1 Å². The first-order valence-corrected chi connectivity index (χ1v) is 9.48. The Balaban J connectivity index is 1.93. The van der Waals surface area contributed by atoms with Crippen molar-refractivity contribution < 1.29 is 9.13 Å². The van der Waals surface area contributed by atoms with E-state index < -0.39 is 0 Å². The molecule has 136 valence electrons. The molecule has 1 aromatic carbocycles. The lowest BCUT2D eigenvalue weighted by atomic mass is 10.1. The van der Waals surface area contributed by atoms with Gasteiger partial charge in [-0.3, -0.25) is 0 Å². The molecule has 0 saturated heterocycles. The van der Waals surface area contributed by atoms with Crippen molar-refractivity contribution in [2.24, 2.45) is 0 Å². The Bertz CT molecular complexity index is 628. The van der Waals surface area contributed by atoms with Gasteiger partial charge in [0, 0.05) is 18.0 Å². The van der Waals surface area contributed by atoms with E-state index in [0.29, 0.717) is 23.7 Å². The average Bonchev–Trinajstić information content (AvgIpc) is 2.64. The van der Waals surface area contributed by atoms with Gasteiger partial charge in [-0.25, -0.2) is 14.4 Å². The van der Waals surface area contributed by atoms with Crippen LogP contribution in [0, 0.1) is 5.82 Å². The van der Waals surface area contributed by atoms with Gasteiger partial charge in [0.05, 0.1) is 6.61 Å². The molecule has 25 heavy (non-hydrogen) atoms. The van der Waals surface area contributed by atoms with Crippen LogP contribution in [0.1, 0.15) is 64.4 Å². The van der Waals surface area contributed by atoms with Crippen LogP contribution in [0.15, 0.2) is 30.6 Å². The van der Waals surface area contributed by atoms with Gasteiger partial charge in [0.1, 0.15) is 0 Å². The highest BCUT2D eigenvalue weighted by Crippen LogP contribution is 2.24. The number of unbranched alkanes of at least 4 members (excludes halogenated alkanes) is 5. The minimum atomic E-state index is -0.360. The van der Waals surface area contributed by atoms with Crippen LogP contribution in [0.25, 0.3) is 11.4 Å². The number of aromatic nitrogens is 2. The quantitative estimate of drug-likeness (QED) is 0.471. The van der Waals surface area contributed by atoms with Crippen molar-refractivity contribution in [3.05, 3.63) is 42.0 Å². The summed E-state index contributed by atoms with van der Waals surface area (Å²) in [5, 5.41) is 0. The molecule has 0 aliphatic heterocycles. The molecule has 4 heteroatoms. The van der Waals surface area contributed by atoms with Crippen LogP contribution < -0.4 is 4.74 Å². The molecule has 2 aromatic rings. The summed E-state index contributed by atoms with van der Waals surface area (Å²) in [6, 6.07) is 4.93. The van der Waals surface area contributed by atoms with E-state index in [1.54, 1.807) is 6.07 Å². The van der Waals surface area contributed by atoms with Crippen molar-refractivity contribution in [2.75, 3.05) is 6.61 Å². The molecular formula is C21H29FN2O. The van der Waals surface area contributed by atoms with Crippen molar-refractivity contribution in [1.82, 2.24) is 9.97 Å². The molecule has 0 aliphatic rings. The van der Waals surface area contributed by atoms with Gasteiger partial charge >= 0.3 is 0 Å². The molecule has 0 fully saturated rings. The molecule has 0 aliphatic carbocycles. The first kappa shape index (κ1) is 19.4. The topological polar surface area (TPSA) is 35.0 Å². The van der Waals surface area contributed by atoms with Crippen molar-refractivity contribution >= 4 is 0 Å². The van der Waals surface area contributed by atoms with E-state index in [4.69, 9.17) is 4.74 Å². The van der Waals surface area contributed by atoms with Gasteiger partial charge in [0.25, 0.3) is 0 Å². The van der Waals surface area contributed by atoms with Gasteiger partial charge in [-0.05, 0) is 43.0 Å². The number of hydrogen-bond donors (Lipinski definition) is 0. The van der Waals surface area contributed by atoms with Crippen molar-refractivity contribution in [3.63, 3.8) is 0 Å². The maximum Gasteiger partial charge on any atom is 0.165 e. The van der Waals surface area contributed by atoms with Crippen molar-refractivity contribution in [2.45, 2.75) is 65.2 Å². The second-order valence-electron chi connectivity index (χ2n) is 6.43. The highest BCUT2D eigenvalue weighted by Gasteiger charge is 2.08. The summed E-state index contributed by atoms with van der Waals surface area (Å²) in [5.41, 5.74) is 1.81. The molecule has 1 aromatic heterocycles. The second-order valence-corrected chi connectivity index (χ2v) is 6.43. The Hall–Kier alpha value is -1.97. The number of hydrogen-bond acceptors (Lipinski definition) is 3. The van der Waals surface area contributed by atoms with Gasteiger partial charge in [0.2, 0.25) is 0 Å². The summed E-state index contributed by atoms with van der Waals surface area (Å²) in [5.74, 6) is 0.488. The van der Waals surface area contributed by atoms with Crippen molar-refractivity contribution in [1.29, 1.82) is 0 Å². The summed E-state index contributed by atoms with van der Waals surface area (Å²) in [4.78, 5) is 8.77. The number of halogens is 1. The zero-order valence-corrected chi connectivity index (χ0v) is 15.4. The van der Waals surface area contributed by atoms with Crippen LogP contribution in [-0.4, -0.2) is 16.6 Å². The Labute approximate surface area is 150 Å². The Morgan fingerprint density at radius 3 is 2.32 bits per heavy atom. The van der Waals surface area contributed by atoms with Gasteiger partial charge < -0.3 is 4.74 Å². The van der Waals surface area contributed by atoms with Gasteiger partial charge in [-0.15, -0.1) is 0 Å². The monoisotopic (exact) mass is 344 g/mol. The Kier molecular flexibility index (Phi) is 8.36. The zero-order chi connectivity index (χ0) is 17.9. The molecule has 1 heterocycles. The van der Waals surface area contributed by atoms with Crippen LogP contribution >= 0.6 is 0 Å². The second kappa shape index (κ2) is 10.8. The van der Waals surface area contributed by atoms with E-state index in [1.165, 1.54) is 25.3 Å². The number of benzene rings is 1. The molecule has 0 spiro atoms.